The molecule has 4 heteroatoms. The molecule has 0 bridgehead atoms. The van der Waals surface area contributed by atoms with Crippen LogP contribution in [0.2, 0.25) is 6.32 Å². The van der Waals surface area contributed by atoms with E-state index in [0.717, 1.165) is 18.4 Å². The summed E-state index contributed by atoms with van der Waals surface area (Å²) in [6.45, 7) is 2.34. The molecular formula is C13H21BNO2-. The maximum Gasteiger partial charge on any atom is 0.313 e. The molecule has 3 atom stereocenters. The van der Waals surface area contributed by atoms with Crippen LogP contribution in [0.5, 0.6) is 0 Å². The van der Waals surface area contributed by atoms with Gasteiger partial charge in [-0.2, -0.15) is 0 Å². The van der Waals surface area contributed by atoms with Gasteiger partial charge in [0, 0.05) is 0 Å². The van der Waals surface area contributed by atoms with E-state index in [1.165, 1.54) is 0 Å². The van der Waals surface area contributed by atoms with Gasteiger partial charge in [-0.15, -0.1) is 6.32 Å². The number of hydrogen-bond acceptors (Lipinski definition) is 3. The Balaban J connectivity index is 2.07. The van der Waals surface area contributed by atoms with E-state index >= 15 is 0 Å². The smallest absolute Gasteiger partial charge is 0.313 e. The molecule has 1 saturated heterocycles. The second-order valence-corrected chi connectivity index (χ2v) is 4.97. The Morgan fingerprint density at radius 3 is 2.71 bits per heavy atom. The van der Waals surface area contributed by atoms with Gasteiger partial charge in [0.25, 0.3) is 0 Å². The van der Waals surface area contributed by atoms with Crippen LogP contribution in [0.15, 0.2) is 30.3 Å². The van der Waals surface area contributed by atoms with Crippen LogP contribution in [0, 0.1) is 0 Å². The quantitative estimate of drug-likeness (QED) is 0.786. The van der Waals surface area contributed by atoms with Crippen LogP contribution in [-0.4, -0.2) is 17.8 Å². The van der Waals surface area contributed by atoms with Crippen molar-refractivity contribution in [1.29, 1.82) is 0 Å². The number of unbranched alkanes of at least 4 members (excludes halogenated alkanes) is 1. The van der Waals surface area contributed by atoms with Gasteiger partial charge in [0.15, 0.2) is 0 Å². The summed E-state index contributed by atoms with van der Waals surface area (Å²) < 4.78 is 5.86. The molecule has 1 fully saturated rings. The van der Waals surface area contributed by atoms with Crippen molar-refractivity contribution in [2.45, 2.75) is 45.2 Å². The number of benzene rings is 1. The molecule has 0 saturated carbocycles. The Morgan fingerprint density at radius 2 is 2.06 bits per heavy atom. The average Bonchev–Trinajstić information content (AvgIpc) is 2.64. The summed E-state index contributed by atoms with van der Waals surface area (Å²) in [5, 5.41) is 13.6. The van der Waals surface area contributed by atoms with Gasteiger partial charge in [0.1, 0.15) is 0 Å². The van der Waals surface area contributed by atoms with Crippen LogP contribution in [0.4, 0.5) is 0 Å². The van der Waals surface area contributed by atoms with Gasteiger partial charge < -0.3 is 14.9 Å². The zero-order valence-electron chi connectivity index (χ0n) is 10.6. The highest BCUT2D eigenvalue weighted by Crippen LogP contribution is 2.32. The molecule has 1 aromatic carbocycles. The second-order valence-electron chi connectivity index (χ2n) is 4.97. The lowest BCUT2D eigenvalue weighted by molar-refractivity contribution is 0.175. The van der Waals surface area contributed by atoms with Crippen molar-refractivity contribution in [2.24, 2.45) is 0 Å². The van der Waals surface area contributed by atoms with Gasteiger partial charge >= 0.3 is 6.69 Å². The predicted octanol–water partition coefficient (Wildman–Crippen LogP) is 2.47. The van der Waals surface area contributed by atoms with Gasteiger partial charge in [-0.25, -0.2) is 0 Å². The van der Waals surface area contributed by atoms with E-state index < -0.39 is 6.69 Å². The van der Waals surface area contributed by atoms with E-state index in [1.54, 1.807) is 0 Å². The van der Waals surface area contributed by atoms with Crippen molar-refractivity contribution >= 4 is 6.69 Å². The fourth-order valence-corrected chi connectivity index (χ4v) is 2.54. The molecule has 94 valence electrons. The molecule has 1 heterocycles. The minimum absolute atomic E-state index is 0.0435. The molecule has 0 aromatic heterocycles. The van der Waals surface area contributed by atoms with E-state index in [-0.39, 0.29) is 12.1 Å². The molecule has 0 radical (unpaired) electrons. The largest absolute Gasteiger partial charge is 0.570 e. The van der Waals surface area contributed by atoms with E-state index in [9.17, 15) is 5.02 Å². The molecule has 0 spiro atoms. The molecule has 3 unspecified atom stereocenters. The van der Waals surface area contributed by atoms with Crippen molar-refractivity contribution in [3.8, 4) is 0 Å². The Bertz CT molecular complexity index is 360. The summed E-state index contributed by atoms with van der Waals surface area (Å²) in [5.74, 6) is 0. The van der Waals surface area contributed by atoms with Gasteiger partial charge in [0.05, 0.1) is 6.10 Å². The third-order valence-electron chi connectivity index (χ3n) is 3.43. The Morgan fingerprint density at radius 1 is 1.35 bits per heavy atom. The van der Waals surface area contributed by atoms with E-state index in [0.29, 0.717) is 6.32 Å². The first kappa shape index (κ1) is 12.6. The van der Waals surface area contributed by atoms with Gasteiger partial charge in [-0.05, 0) is 11.6 Å². The fourth-order valence-electron chi connectivity index (χ4n) is 2.54. The van der Waals surface area contributed by atoms with Crippen molar-refractivity contribution in [3.05, 3.63) is 35.9 Å². The molecule has 1 aliphatic heterocycles. The zero-order chi connectivity index (χ0) is 12.3. The second kappa shape index (κ2) is 5.21. The van der Waals surface area contributed by atoms with Crippen LogP contribution >= 0.6 is 0 Å². The normalized spacial score (nSPS) is 32.9. The lowest BCUT2D eigenvalue weighted by Crippen LogP contribution is -2.49. The average molecular weight is 234 g/mol. The van der Waals surface area contributed by atoms with E-state index in [1.807, 2.05) is 30.3 Å². The number of nitrogens with one attached hydrogen (secondary N) is 1. The fraction of sp³-hybridized carbons (Fsp3) is 0.538. The highest BCUT2D eigenvalue weighted by molar-refractivity contribution is 6.64. The Hall–Kier alpha value is -0.835. The molecule has 3 nitrogen and oxygen atoms in total. The van der Waals surface area contributed by atoms with Gasteiger partial charge in [0.2, 0.25) is 0 Å². The highest BCUT2D eigenvalue weighted by Gasteiger charge is 2.37. The van der Waals surface area contributed by atoms with Gasteiger partial charge in [-0.3, -0.25) is 0 Å². The molecule has 2 N–H and O–H groups in total. The lowest BCUT2D eigenvalue weighted by atomic mass is 9.67. The first-order chi connectivity index (χ1) is 8.14. The maximum atomic E-state index is 10.4. The molecule has 17 heavy (non-hydrogen) atoms. The van der Waals surface area contributed by atoms with Crippen molar-refractivity contribution < 1.29 is 9.68 Å². The first-order valence-electron chi connectivity index (χ1n) is 6.53. The summed E-state index contributed by atoms with van der Waals surface area (Å²) in [7, 11) is 0. The SMILES string of the molecule is CCCC[B-]1(O)NC(C)C(c2ccccc2)O1. The summed E-state index contributed by atoms with van der Waals surface area (Å²) in [4.78, 5) is 0. The highest BCUT2D eigenvalue weighted by atomic mass is 16.6. The molecule has 1 aliphatic rings. The van der Waals surface area contributed by atoms with E-state index in [4.69, 9.17) is 4.65 Å². The Kier molecular flexibility index (Phi) is 3.87. The summed E-state index contributed by atoms with van der Waals surface area (Å²) in [6, 6.07) is 10.2. The van der Waals surface area contributed by atoms with E-state index in [2.05, 4.69) is 19.1 Å². The van der Waals surface area contributed by atoms with Crippen molar-refractivity contribution in [1.82, 2.24) is 5.23 Å². The minimum atomic E-state index is -1.84. The first-order valence-corrected chi connectivity index (χ1v) is 6.53. The minimum Gasteiger partial charge on any atom is -0.570 e. The predicted molar refractivity (Wildman–Crippen MR) is 70.6 cm³/mol. The van der Waals surface area contributed by atoms with Crippen molar-refractivity contribution in [2.75, 3.05) is 0 Å². The summed E-state index contributed by atoms with van der Waals surface area (Å²) >= 11 is 0. The summed E-state index contributed by atoms with van der Waals surface area (Å²) in [6.07, 6.45) is 2.71. The van der Waals surface area contributed by atoms with Crippen LogP contribution in [0.3, 0.4) is 0 Å². The zero-order valence-corrected chi connectivity index (χ0v) is 10.6. The molecular weight excluding hydrogens is 213 g/mol. The molecule has 2 rings (SSSR count). The maximum absolute atomic E-state index is 10.4. The molecule has 1 aromatic rings. The van der Waals surface area contributed by atoms with Crippen LogP contribution in [-0.2, 0) is 4.65 Å². The lowest BCUT2D eigenvalue weighted by Gasteiger charge is -2.30. The Labute approximate surface area is 103 Å². The van der Waals surface area contributed by atoms with Crippen LogP contribution < -0.4 is 5.23 Å². The van der Waals surface area contributed by atoms with Crippen LogP contribution in [0.25, 0.3) is 0 Å². The summed E-state index contributed by atoms with van der Waals surface area (Å²) in [5.41, 5.74) is 1.13. The topological polar surface area (TPSA) is 41.5 Å². The number of rotatable bonds is 4. The third-order valence-corrected chi connectivity index (χ3v) is 3.43. The monoisotopic (exact) mass is 234 g/mol. The standard InChI is InChI=1S/C13H21BNO2/c1-3-4-10-14(16)15-11(2)13(17-14)12-8-6-5-7-9-12/h5-9,11,13,15-16H,3-4,10H2,1-2H3/q-1. The third kappa shape index (κ3) is 2.89. The van der Waals surface area contributed by atoms with Crippen LogP contribution in [0.1, 0.15) is 38.4 Å². The molecule has 0 amide bonds. The molecule has 0 aliphatic carbocycles. The van der Waals surface area contributed by atoms with Gasteiger partial charge in [-0.1, -0.05) is 57.0 Å². The number of hydrogen-bond donors (Lipinski definition) is 2. The van der Waals surface area contributed by atoms with Crippen molar-refractivity contribution in [3.63, 3.8) is 0 Å².